The molecule has 4 bridgehead atoms. The number of nitrogens with one attached hydrogen (secondary N) is 1. The molecule has 436 valence electrons. The Morgan fingerprint density at radius 2 is 1.06 bits per heavy atom. The molecule has 0 aromatic carbocycles. The molecule has 0 radical (unpaired) electrons. The molecular formula is C52H65Cl2F8N9O8. The Morgan fingerprint density at radius 1 is 0.646 bits per heavy atom. The maximum absolute atomic E-state index is 13.6. The number of carbonyl (C=O) groups is 2. The van der Waals surface area contributed by atoms with Gasteiger partial charge in [-0.15, -0.1) is 0 Å². The topological polar surface area (TPSA) is 196 Å². The van der Waals surface area contributed by atoms with Gasteiger partial charge < -0.3 is 43.9 Å². The molecule has 4 aliphatic heterocycles. The Bertz CT molecular complexity index is 2650. The van der Waals surface area contributed by atoms with Crippen LogP contribution >= 0.6 is 23.2 Å². The number of aromatic nitrogens is 6. The monoisotopic (exact) mass is 1170 g/mol. The summed E-state index contributed by atoms with van der Waals surface area (Å²) in [4.78, 5) is 50.7. The quantitative estimate of drug-likeness (QED) is 0.100. The summed E-state index contributed by atoms with van der Waals surface area (Å²) in [5, 5.41) is 11.7. The molecular weight excluding hydrogens is 1100 g/mol. The van der Waals surface area contributed by atoms with Crippen molar-refractivity contribution >= 4 is 34.0 Å². The highest BCUT2D eigenvalue weighted by Gasteiger charge is 2.74. The molecule has 17 nitrogen and oxygen atoms in total. The van der Waals surface area contributed by atoms with E-state index >= 15 is 0 Å². The van der Waals surface area contributed by atoms with Gasteiger partial charge in [-0.1, -0.05) is 20.8 Å². The third kappa shape index (κ3) is 15.5. The molecule has 2 N–H and O–H groups in total. The molecule has 10 rings (SSSR count). The fourth-order valence-corrected chi connectivity index (χ4v) is 9.77. The average Bonchev–Trinajstić information content (AvgIpc) is 3.95. The molecule has 4 aromatic heterocycles. The average molecular weight is 1170 g/mol. The van der Waals surface area contributed by atoms with Crippen molar-refractivity contribution in [3.8, 4) is 35.0 Å². The first kappa shape index (κ1) is 62.7. The number of amides is 1. The van der Waals surface area contributed by atoms with Crippen LogP contribution in [-0.2, 0) is 4.74 Å². The fourth-order valence-electron chi connectivity index (χ4n) is 9.77. The van der Waals surface area contributed by atoms with E-state index in [2.05, 4.69) is 84.1 Å². The van der Waals surface area contributed by atoms with Gasteiger partial charge in [-0.2, -0.15) is 35.1 Å². The van der Waals surface area contributed by atoms with Crippen LogP contribution in [0.25, 0.3) is 0 Å². The van der Waals surface area contributed by atoms with Gasteiger partial charge in [-0.3, -0.25) is 14.8 Å². The second kappa shape index (κ2) is 26.8. The van der Waals surface area contributed by atoms with E-state index in [0.29, 0.717) is 84.0 Å². The molecule has 8 heterocycles. The van der Waals surface area contributed by atoms with Gasteiger partial charge in [0.15, 0.2) is 17.6 Å². The van der Waals surface area contributed by atoms with Gasteiger partial charge in [0.2, 0.25) is 23.5 Å². The molecule has 4 saturated heterocycles. The maximum Gasteiger partial charge on any atom is 0.410 e. The standard InChI is InChI=1S/C23H24F4N4O4.C18H22N4O2.C6H15N.C4H4F4O.CCl2O/c1-12-19(29-11-30-20(12)34-17-4-3-7-28-13(17)2)33-16-8-14-5-6-15(9-16)31(14)21(32)35-18-10-22(24,25)23(18,26)27;1-11-17(23-15-8-13-5-6-14(9-15)22-13)20-10-21-18(11)24-16-4-3-7-19-12(16)2;1-4-7(5-2)6-3;5-3(6)1-2(9)4(3,7)8;2-1(3)4/h3-4,7,11,14-16,18H,5-6,8-10H2,1-2H3;3-4,7,10,13-15,22H,5-6,8-9H2,1-2H3;4-6H2,1-3H3;2,9H,1H2;. The third-order valence-corrected chi connectivity index (χ3v) is 14.5. The van der Waals surface area contributed by atoms with E-state index in [-0.39, 0.29) is 24.3 Å². The minimum Gasteiger partial charge on any atom is -0.474 e. The molecule has 27 heteroatoms. The second-order valence-corrected chi connectivity index (χ2v) is 20.6. The normalized spacial score (nSPS) is 25.8. The SMILES string of the molecule is CCN(CC)CC.Cc1ncccc1Oc1ncnc(OC2CC3CCC(C2)N3)c1C.Cc1ncccc1Oc1ncnc(OC2CC3CCC(C2)N3C(=O)OC2CC(F)(F)C2(F)F)c1C.O=C(Cl)Cl.OC1CC(F)(F)C1(F)F. The first-order valence-corrected chi connectivity index (χ1v) is 26.6. The Balaban J connectivity index is 0.000000196. The van der Waals surface area contributed by atoms with Gasteiger partial charge in [0.05, 0.1) is 28.9 Å². The molecule has 0 spiro atoms. The molecule has 2 aliphatic carbocycles. The number of pyridine rings is 2. The molecule has 1 amide bonds. The van der Waals surface area contributed by atoms with Crippen molar-refractivity contribution in [2.75, 3.05) is 19.6 Å². The number of fused-ring (bicyclic) bond motifs is 4. The van der Waals surface area contributed by atoms with E-state index in [1.165, 1.54) is 50.0 Å². The van der Waals surface area contributed by atoms with Gasteiger partial charge in [-0.25, -0.2) is 24.7 Å². The van der Waals surface area contributed by atoms with E-state index in [9.17, 15) is 39.9 Å². The van der Waals surface area contributed by atoms with Crippen molar-refractivity contribution in [3.05, 3.63) is 71.8 Å². The fraction of sp³-hybridized carbons (Fsp3) is 0.615. The van der Waals surface area contributed by atoms with E-state index in [1.54, 1.807) is 31.5 Å². The van der Waals surface area contributed by atoms with Crippen LogP contribution in [0.4, 0.5) is 44.7 Å². The third-order valence-electron chi connectivity index (χ3n) is 14.5. The van der Waals surface area contributed by atoms with Crippen LogP contribution < -0.4 is 24.3 Å². The van der Waals surface area contributed by atoms with Gasteiger partial charge in [-0.05, 0) is 133 Å². The predicted molar refractivity (Wildman–Crippen MR) is 273 cm³/mol. The first-order chi connectivity index (χ1) is 37.2. The number of nitrogens with zero attached hydrogens (tertiary/aromatic N) is 8. The lowest BCUT2D eigenvalue weighted by Gasteiger charge is -2.44. The maximum atomic E-state index is 13.6. The zero-order chi connectivity index (χ0) is 58.0. The number of rotatable bonds is 12. The molecule has 6 aliphatic rings. The summed E-state index contributed by atoms with van der Waals surface area (Å²) in [5.74, 6) is -13.6. The number of aliphatic hydroxyl groups excluding tert-OH is 1. The predicted octanol–water partition coefficient (Wildman–Crippen LogP) is 11.7. The molecule has 79 heavy (non-hydrogen) atoms. The molecule has 6 atom stereocenters. The summed E-state index contributed by atoms with van der Waals surface area (Å²) >= 11 is 8.80. The highest BCUT2D eigenvalue weighted by Crippen LogP contribution is 2.53. The number of ether oxygens (including phenoxy) is 5. The zero-order valence-corrected chi connectivity index (χ0v) is 46.1. The van der Waals surface area contributed by atoms with Gasteiger partial charge >= 0.3 is 34.5 Å². The van der Waals surface area contributed by atoms with Crippen molar-refractivity contribution in [1.82, 2.24) is 45.0 Å². The minimum atomic E-state index is -4.35. The van der Waals surface area contributed by atoms with Crippen molar-refractivity contribution in [3.63, 3.8) is 0 Å². The van der Waals surface area contributed by atoms with Crippen molar-refractivity contribution in [2.45, 2.75) is 185 Å². The summed E-state index contributed by atoms with van der Waals surface area (Å²) in [7, 11) is 0. The lowest BCUT2D eigenvalue weighted by atomic mass is 9.85. The summed E-state index contributed by atoms with van der Waals surface area (Å²) in [6.45, 7) is 17.6. The number of alkyl halides is 8. The van der Waals surface area contributed by atoms with Crippen LogP contribution in [0.5, 0.6) is 35.0 Å². The van der Waals surface area contributed by atoms with Crippen LogP contribution in [0.2, 0.25) is 0 Å². The largest absolute Gasteiger partial charge is 0.474 e. The Kier molecular flexibility index (Phi) is 21.3. The van der Waals surface area contributed by atoms with Gasteiger partial charge in [0.1, 0.15) is 31.0 Å². The molecule has 6 unspecified atom stereocenters. The number of hydrogen-bond donors (Lipinski definition) is 2. The number of halogens is 10. The van der Waals surface area contributed by atoms with Crippen LogP contribution in [-0.4, -0.2) is 148 Å². The lowest BCUT2D eigenvalue weighted by Crippen LogP contribution is -2.64. The van der Waals surface area contributed by atoms with Crippen molar-refractivity contribution in [2.24, 2.45) is 0 Å². The van der Waals surface area contributed by atoms with Crippen LogP contribution in [0.15, 0.2) is 49.3 Å². The number of carbonyl (C=O) groups excluding carboxylic acids is 2. The smallest absolute Gasteiger partial charge is 0.410 e. The number of aliphatic hydroxyl groups is 1. The van der Waals surface area contributed by atoms with Crippen LogP contribution in [0.3, 0.4) is 0 Å². The van der Waals surface area contributed by atoms with Crippen LogP contribution in [0, 0.1) is 27.7 Å². The van der Waals surface area contributed by atoms with Crippen LogP contribution in [0.1, 0.15) is 107 Å². The highest BCUT2D eigenvalue weighted by molar-refractivity contribution is 6.93. The number of piperidine rings is 2. The second-order valence-electron chi connectivity index (χ2n) is 19.7. The Hall–Kier alpha value is -5.50. The first-order valence-electron chi connectivity index (χ1n) is 25.9. The summed E-state index contributed by atoms with van der Waals surface area (Å²) in [5.41, 5.74) is 2.95. The number of hydrogen-bond acceptors (Lipinski definition) is 16. The summed E-state index contributed by atoms with van der Waals surface area (Å²) in [6.07, 6.45) is 5.37. The van der Waals surface area contributed by atoms with Crippen molar-refractivity contribution < 1.29 is 73.5 Å². The van der Waals surface area contributed by atoms with E-state index in [0.717, 1.165) is 24.1 Å². The summed E-state index contributed by atoms with van der Waals surface area (Å²) in [6, 6.07) is 7.85. The van der Waals surface area contributed by atoms with Gasteiger partial charge in [0.25, 0.3) is 0 Å². The van der Waals surface area contributed by atoms with Gasteiger partial charge in [0, 0.05) is 55.8 Å². The molecule has 6 fully saturated rings. The Morgan fingerprint density at radius 3 is 1.41 bits per heavy atom. The van der Waals surface area contributed by atoms with E-state index in [4.69, 9.17) is 33.6 Å². The summed E-state index contributed by atoms with van der Waals surface area (Å²) < 4.78 is 128. The molecule has 4 aromatic rings. The van der Waals surface area contributed by atoms with E-state index < -0.39 is 59.5 Å². The lowest BCUT2D eigenvalue weighted by molar-refractivity contribution is -0.331. The molecule has 2 saturated carbocycles. The number of aryl methyl sites for hydroxylation is 2. The van der Waals surface area contributed by atoms with E-state index in [1.807, 2.05) is 32.9 Å². The van der Waals surface area contributed by atoms with Crippen molar-refractivity contribution in [1.29, 1.82) is 0 Å². The minimum absolute atomic E-state index is 0.213. The Labute approximate surface area is 462 Å². The highest BCUT2D eigenvalue weighted by atomic mass is 35.5. The zero-order valence-electron chi connectivity index (χ0n) is 44.6.